The smallest absolute Gasteiger partial charge is 0.318 e. The molecular formula is C37H35ClF2N8O. The van der Waals surface area contributed by atoms with Gasteiger partial charge in [-0.2, -0.15) is 15.1 Å². The molecule has 6 aliphatic rings. The summed E-state index contributed by atoms with van der Waals surface area (Å²) in [7, 11) is 0. The van der Waals surface area contributed by atoms with Crippen molar-refractivity contribution in [1.82, 2.24) is 35.4 Å². The van der Waals surface area contributed by atoms with Gasteiger partial charge in [-0.3, -0.25) is 15.0 Å². The lowest BCUT2D eigenvalue weighted by atomic mass is 9.88. The average molecular weight is 681 g/mol. The van der Waals surface area contributed by atoms with Gasteiger partial charge in [0.1, 0.15) is 24.4 Å². The number of piperazine rings is 1. The van der Waals surface area contributed by atoms with Gasteiger partial charge in [0.15, 0.2) is 0 Å². The molecule has 5 fully saturated rings. The maximum Gasteiger partial charge on any atom is 0.318 e. The molecule has 1 saturated carbocycles. The second kappa shape index (κ2) is 10.1. The second-order valence-corrected chi connectivity index (χ2v) is 15.5. The lowest BCUT2D eigenvalue weighted by Crippen LogP contribution is -2.51. The summed E-state index contributed by atoms with van der Waals surface area (Å²) in [5.41, 5.74) is 5.85. The highest BCUT2D eigenvalue weighted by Crippen LogP contribution is 2.66. The van der Waals surface area contributed by atoms with Crippen LogP contribution in [-0.2, 0) is 5.41 Å². The van der Waals surface area contributed by atoms with Gasteiger partial charge in [0, 0.05) is 71.6 Å². The molecule has 250 valence electrons. The first kappa shape index (κ1) is 28.9. The number of aromatic nitrogens is 5. The van der Waals surface area contributed by atoms with E-state index in [0.29, 0.717) is 43.1 Å². The highest BCUT2D eigenvalue weighted by Gasteiger charge is 2.57. The second-order valence-electron chi connectivity index (χ2n) is 15.2. The molecule has 5 aromatic rings. The summed E-state index contributed by atoms with van der Waals surface area (Å²) in [5.74, 6) is 0.423. The Morgan fingerprint density at radius 2 is 1.90 bits per heavy atom. The number of hydrogen-bond donors (Lipinski definition) is 2. The predicted molar refractivity (Wildman–Crippen MR) is 184 cm³/mol. The third-order valence-corrected chi connectivity index (χ3v) is 12.7. The normalized spacial score (nSPS) is 27.7. The van der Waals surface area contributed by atoms with Crippen LogP contribution >= 0.6 is 11.6 Å². The predicted octanol–water partition coefficient (Wildman–Crippen LogP) is 6.32. The molecule has 0 amide bonds. The first-order valence-corrected chi connectivity index (χ1v) is 18.0. The number of rotatable bonds is 5. The molecule has 2 bridgehead atoms. The zero-order valence-corrected chi connectivity index (χ0v) is 27.7. The number of fused-ring (bicyclic) bond motifs is 10. The van der Waals surface area contributed by atoms with Crippen molar-refractivity contribution in [2.75, 3.05) is 37.7 Å². The summed E-state index contributed by atoms with van der Waals surface area (Å²) in [6.45, 7) is 3.47. The minimum absolute atomic E-state index is 0.0746. The van der Waals surface area contributed by atoms with E-state index in [0.717, 1.165) is 114 Å². The number of pyridine rings is 1. The summed E-state index contributed by atoms with van der Waals surface area (Å²) >= 11 is 6.78. The van der Waals surface area contributed by atoms with Crippen LogP contribution in [0.1, 0.15) is 56.2 Å². The Kier molecular flexibility index (Phi) is 5.94. The molecule has 9 nitrogen and oxygen atoms in total. The number of hydrogen-bond acceptors (Lipinski definition) is 8. The third kappa shape index (κ3) is 4.03. The van der Waals surface area contributed by atoms with E-state index in [9.17, 15) is 4.39 Å². The van der Waals surface area contributed by atoms with Gasteiger partial charge in [0.25, 0.3) is 0 Å². The van der Waals surface area contributed by atoms with E-state index < -0.39 is 12.0 Å². The van der Waals surface area contributed by atoms with Crippen molar-refractivity contribution in [3.05, 3.63) is 58.8 Å². The van der Waals surface area contributed by atoms with Crippen molar-refractivity contribution < 1.29 is 13.5 Å². The van der Waals surface area contributed by atoms with Crippen molar-refractivity contribution in [2.24, 2.45) is 0 Å². The molecule has 2 aromatic carbocycles. The summed E-state index contributed by atoms with van der Waals surface area (Å²) < 4.78 is 36.4. The van der Waals surface area contributed by atoms with Gasteiger partial charge in [-0.25, -0.2) is 8.78 Å². The van der Waals surface area contributed by atoms with E-state index in [1.807, 2.05) is 12.3 Å². The maximum absolute atomic E-state index is 15.1. The van der Waals surface area contributed by atoms with Crippen LogP contribution in [0, 0.1) is 5.82 Å². The van der Waals surface area contributed by atoms with Crippen LogP contribution in [0.2, 0.25) is 5.02 Å². The largest absolute Gasteiger partial charge is 0.461 e. The zero-order chi connectivity index (χ0) is 32.6. The lowest BCUT2D eigenvalue weighted by Gasteiger charge is -2.35. The summed E-state index contributed by atoms with van der Waals surface area (Å²) in [4.78, 5) is 20.2. The highest BCUT2D eigenvalue weighted by molar-refractivity contribution is 6.38. The minimum atomic E-state index is -0.829. The van der Waals surface area contributed by atoms with Crippen LogP contribution < -0.4 is 15.0 Å². The Labute approximate surface area is 286 Å². The minimum Gasteiger partial charge on any atom is -0.461 e. The standard InChI is InChI=1S/C37H35ClF2N8O/c38-31-25(40)5-2-19-12-26-24(14-42-46-26)28(27(19)31)32-30-23(6-10-41-32)29-33(37(30)8-9-37)44-35(45-34(29)47-16-21-3-4-22(17-47)43-21)49-18-36-7-1-11-48(36)15-20(39)13-36/h2,5-6,10,12,14,20-22,43H,1,3-4,7-9,11,13,15-18H2,(H,42,46)/t20-,21-,22+,36+/m1/s1. The fraction of sp³-hybridized carbons (Fsp3) is 0.459. The van der Waals surface area contributed by atoms with E-state index in [4.69, 9.17) is 31.3 Å². The van der Waals surface area contributed by atoms with Gasteiger partial charge in [0.2, 0.25) is 0 Å². The number of aromatic amines is 1. The van der Waals surface area contributed by atoms with E-state index >= 15 is 4.39 Å². The molecule has 2 N–H and O–H groups in total. The number of anilines is 1. The quantitative estimate of drug-likeness (QED) is 0.223. The monoisotopic (exact) mass is 680 g/mol. The Balaban J connectivity index is 1.11. The first-order valence-electron chi connectivity index (χ1n) is 17.6. The lowest BCUT2D eigenvalue weighted by molar-refractivity contribution is 0.107. The molecule has 0 radical (unpaired) electrons. The van der Waals surface area contributed by atoms with Gasteiger partial charge < -0.3 is 15.0 Å². The number of halogens is 3. The van der Waals surface area contributed by atoms with E-state index in [2.05, 4.69) is 31.4 Å². The van der Waals surface area contributed by atoms with Crippen LogP contribution in [0.15, 0.2) is 36.7 Å². The Bertz CT molecular complexity index is 2210. The highest BCUT2D eigenvalue weighted by atomic mass is 35.5. The Morgan fingerprint density at radius 3 is 2.73 bits per heavy atom. The first-order chi connectivity index (χ1) is 23.9. The van der Waals surface area contributed by atoms with Crippen molar-refractivity contribution >= 4 is 39.1 Å². The van der Waals surface area contributed by atoms with E-state index in [1.54, 1.807) is 12.3 Å². The van der Waals surface area contributed by atoms with Crippen LogP contribution in [0.3, 0.4) is 0 Å². The molecule has 3 aromatic heterocycles. The summed E-state index contributed by atoms with van der Waals surface area (Å²) in [5, 5.41) is 13.6. The molecule has 4 aliphatic heterocycles. The fourth-order valence-corrected chi connectivity index (χ4v) is 10.4. The Hall–Kier alpha value is -3.93. The third-order valence-electron chi connectivity index (χ3n) is 12.4. The van der Waals surface area contributed by atoms with Gasteiger partial charge in [-0.05, 0) is 79.8 Å². The molecule has 49 heavy (non-hydrogen) atoms. The van der Waals surface area contributed by atoms with Crippen LogP contribution in [-0.4, -0.2) is 86.6 Å². The van der Waals surface area contributed by atoms with Crippen LogP contribution in [0.5, 0.6) is 6.01 Å². The molecule has 2 aliphatic carbocycles. The summed E-state index contributed by atoms with van der Waals surface area (Å²) in [6.07, 6.45) is 9.35. The van der Waals surface area contributed by atoms with Gasteiger partial charge in [-0.15, -0.1) is 0 Å². The van der Waals surface area contributed by atoms with Gasteiger partial charge in [0.05, 0.1) is 33.7 Å². The number of H-pyrrole nitrogens is 1. The number of nitrogens with one attached hydrogen (secondary N) is 2. The van der Waals surface area contributed by atoms with Crippen LogP contribution in [0.25, 0.3) is 44.1 Å². The number of nitrogens with zero attached hydrogens (tertiary/aromatic N) is 6. The topological polar surface area (TPSA) is 95.1 Å². The molecule has 0 unspecified atom stereocenters. The maximum atomic E-state index is 15.1. The van der Waals surface area contributed by atoms with Crippen molar-refractivity contribution in [3.63, 3.8) is 0 Å². The Morgan fingerprint density at radius 1 is 1.04 bits per heavy atom. The van der Waals surface area contributed by atoms with Crippen LogP contribution in [0.4, 0.5) is 14.6 Å². The molecule has 11 rings (SSSR count). The van der Waals surface area contributed by atoms with Crippen molar-refractivity contribution in [2.45, 2.75) is 74.2 Å². The average Bonchev–Trinajstić information content (AvgIpc) is 3.40. The van der Waals surface area contributed by atoms with E-state index in [-0.39, 0.29) is 16.0 Å². The molecule has 4 atom stereocenters. The molecule has 1 spiro atoms. The summed E-state index contributed by atoms with van der Waals surface area (Å²) in [6, 6.07) is 8.40. The number of benzene rings is 2. The molecule has 12 heteroatoms. The van der Waals surface area contributed by atoms with Crippen molar-refractivity contribution in [3.8, 4) is 28.4 Å². The SMILES string of the molecule is Fc1ccc2cc3[nH]ncc3c(-c3nccc4c3C3(CC3)c3nc(OC[C@@]56CCCN5C[C@H](F)C6)nc(N5C[C@H]6CC[C@@H](C5)N6)c3-4)c2c1Cl. The number of alkyl halides is 1. The molecule has 4 saturated heterocycles. The molecule has 7 heterocycles. The van der Waals surface area contributed by atoms with Gasteiger partial charge >= 0.3 is 6.01 Å². The zero-order valence-electron chi connectivity index (χ0n) is 26.9. The number of ether oxygens (including phenoxy) is 1. The fourth-order valence-electron chi connectivity index (χ4n) is 10.1. The molecular weight excluding hydrogens is 646 g/mol. The van der Waals surface area contributed by atoms with Gasteiger partial charge in [-0.1, -0.05) is 17.7 Å². The van der Waals surface area contributed by atoms with Crippen molar-refractivity contribution in [1.29, 1.82) is 0 Å². The van der Waals surface area contributed by atoms with E-state index in [1.165, 1.54) is 6.07 Å².